The maximum atomic E-state index is 12.7. The Morgan fingerprint density at radius 3 is 2.40 bits per heavy atom. The van der Waals surface area contributed by atoms with Crippen molar-refractivity contribution in [1.82, 2.24) is 10.0 Å². The molecule has 1 aromatic carbocycles. The van der Waals surface area contributed by atoms with Crippen LogP contribution in [0.3, 0.4) is 0 Å². The third-order valence-corrected chi connectivity index (χ3v) is 6.76. The maximum absolute atomic E-state index is 12.7. The normalized spacial score (nSPS) is 17.3. The zero-order valence-corrected chi connectivity index (χ0v) is 18.5. The van der Waals surface area contributed by atoms with E-state index in [1.807, 2.05) is 19.1 Å². The zero-order chi connectivity index (χ0) is 22.1. The SMILES string of the molecule is CCCCS(=O)(=O)N[C@H](N)C(C(=O)CC)C(=O)Oc1ccc(C2CCNCC2)cc1. The summed E-state index contributed by atoms with van der Waals surface area (Å²) < 4.78 is 31.9. The van der Waals surface area contributed by atoms with Crippen LogP contribution in [-0.2, 0) is 19.6 Å². The molecule has 9 heteroatoms. The lowest BCUT2D eigenvalue weighted by Gasteiger charge is -2.23. The number of hydrogen-bond donors (Lipinski definition) is 3. The Bertz CT molecular complexity index is 804. The fourth-order valence-corrected chi connectivity index (χ4v) is 4.85. The molecule has 4 N–H and O–H groups in total. The highest BCUT2D eigenvalue weighted by atomic mass is 32.2. The zero-order valence-electron chi connectivity index (χ0n) is 17.7. The number of nitrogens with two attached hydrogens (primary N) is 1. The molecule has 0 aromatic heterocycles. The van der Waals surface area contributed by atoms with Crippen LogP contribution < -0.4 is 20.5 Å². The molecule has 1 fully saturated rings. The van der Waals surface area contributed by atoms with Crippen LogP contribution in [-0.4, -0.2) is 45.2 Å². The Morgan fingerprint density at radius 2 is 1.83 bits per heavy atom. The van der Waals surface area contributed by atoms with Crippen LogP contribution in [0.4, 0.5) is 0 Å². The first-order valence-electron chi connectivity index (χ1n) is 10.6. The summed E-state index contributed by atoms with van der Waals surface area (Å²) in [6.07, 6.45) is 1.93. The molecule has 0 bridgehead atoms. The van der Waals surface area contributed by atoms with Gasteiger partial charge in [-0.05, 0) is 56.0 Å². The summed E-state index contributed by atoms with van der Waals surface area (Å²) >= 11 is 0. The summed E-state index contributed by atoms with van der Waals surface area (Å²) in [5.41, 5.74) is 7.09. The van der Waals surface area contributed by atoms with Gasteiger partial charge in [-0.2, -0.15) is 4.72 Å². The van der Waals surface area contributed by atoms with Gasteiger partial charge in [0.15, 0.2) is 0 Å². The molecule has 0 saturated carbocycles. The number of hydrogen-bond acceptors (Lipinski definition) is 7. The molecule has 1 saturated heterocycles. The number of benzene rings is 1. The van der Waals surface area contributed by atoms with Gasteiger partial charge in [0.2, 0.25) is 10.0 Å². The Kier molecular flexibility index (Phi) is 9.41. The van der Waals surface area contributed by atoms with Crippen LogP contribution in [0.15, 0.2) is 24.3 Å². The van der Waals surface area contributed by atoms with E-state index >= 15 is 0 Å². The van der Waals surface area contributed by atoms with Crippen LogP contribution in [0, 0.1) is 5.92 Å². The van der Waals surface area contributed by atoms with E-state index in [9.17, 15) is 18.0 Å². The maximum Gasteiger partial charge on any atom is 0.324 e. The molecular formula is C21H33N3O5S. The highest BCUT2D eigenvalue weighted by Gasteiger charge is 2.35. The molecule has 0 radical (unpaired) electrons. The van der Waals surface area contributed by atoms with Gasteiger partial charge in [0.1, 0.15) is 17.5 Å². The van der Waals surface area contributed by atoms with Gasteiger partial charge in [0.25, 0.3) is 0 Å². The van der Waals surface area contributed by atoms with Gasteiger partial charge < -0.3 is 15.8 Å². The van der Waals surface area contributed by atoms with Crippen molar-refractivity contribution in [2.75, 3.05) is 18.8 Å². The van der Waals surface area contributed by atoms with E-state index in [1.165, 1.54) is 5.56 Å². The van der Waals surface area contributed by atoms with Crippen molar-refractivity contribution in [2.45, 2.75) is 58.0 Å². The van der Waals surface area contributed by atoms with Gasteiger partial charge in [-0.15, -0.1) is 0 Å². The van der Waals surface area contributed by atoms with Crippen molar-refractivity contribution in [1.29, 1.82) is 0 Å². The van der Waals surface area contributed by atoms with Crippen molar-refractivity contribution >= 4 is 21.8 Å². The number of ether oxygens (including phenoxy) is 1. The van der Waals surface area contributed by atoms with Crippen molar-refractivity contribution in [3.63, 3.8) is 0 Å². The minimum absolute atomic E-state index is 0.0405. The third-order valence-electron chi connectivity index (χ3n) is 5.30. The summed E-state index contributed by atoms with van der Waals surface area (Å²) in [7, 11) is -3.69. The Labute approximate surface area is 179 Å². The smallest absolute Gasteiger partial charge is 0.324 e. The summed E-state index contributed by atoms with van der Waals surface area (Å²) in [5, 5.41) is 3.33. The second-order valence-corrected chi connectivity index (χ2v) is 9.50. The molecule has 1 aromatic rings. The Hall–Kier alpha value is -1.81. The van der Waals surface area contributed by atoms with Crippen LogP contribution in [0.25, 0.3) is 0 Å². The lowest BCUT2D eigenvalue weighted by atomic mass is 9.90. The molecule has 1 unspecified atom stereocenters. The number of esters is 1. The number of carbonyl (C=O) groups excluding carboxylic acids is 2. The number of rotatable bonds is 11. The van der Waals surface area contributed by atoms with Crippen LogP contribution in [0.2, 0.25) is 0 Å². The highest BCUT2D eigenvalue weighted by molar-refractivity contribution is 7.89. The molecule has 1 aliphatic rings. The van der Waals surface area contributed by atoms with Crippen molar-refractivity contribution in [3.8, 4) is 5.75 Å². The number of piperidine rings is 1. The van der Waals surface area contributed by atoms with Gasteiger partial charge in [-0.1, -0.05) is 32.4 Å². The molecule has 2 rings (SSSR count). The van der Waals surface area contributed by atoms with E-state index in [-0.39, 0.29) is 12.2 Å². The number of carbonyl (C=O) groups is 2. The molecule has 0 amide bonds. The molecule has 0 aliphatic carbocycles. The lowest BCUT2D eigenvalue weighted by Crippen LogP contribution is -2.53. The minimum atomic E-state index is -3.69. The number of unbranched alkanes of at least 4 members (excludes halogenated alkanes) is 1. The molecule has 0 spiro atoms. The molecular weight excluding hydrogens is 406 g/mol. The molecule has 168 valence electrons. The first-order valence-corrected chi connectivity index (χ1v) is 12.2. The van der Waals surface area contributed by atoms with E-state index in [2.05, 4.69) is 10.0 Å². The number of ketones is 1. The predicted octanol–water partition coefficient (Wildman–Crippen LogP) is 1.66. The first-order chi connectivity index (χ1) is 14.3. The topological polar surface area (TPSA) is 128 Å². The van der Waals surface area contributed by atoms with Crippen molar-refractivity contribution in [2.24, 2.45) is 11.7 Å². The minimum Gasteiger partial charge on any atom is -0.426 e. The average molecular weight is 440 g/mol. The summed E-state index contributed by atoms with van der Waals surface area (Å²) in [6.45, 7) is 5.42. The van der Waals surface area contributed by atoms with Gasteiger partial charge in [0.05, 0.1) is 11.9 Å². The largest absolute Gasteiger partial charge is 0.426 e. The molecule has 30 heavy (non-hydrogen) atoms. The fourth-order valence-electron chi connectivity index (χ4n) is 3.51. The van der Waals surface area contributed by atoms with Crippen LogP contribution >= 0.6 is 0 Å². The average Bonchev–Trinajstić information content (AvgIpc) is 2.73. The molecule has 1 aliphatic heterocycles. The second-order valence-electron chi connectivity index (χ2n) is 7.63. The lowest BCUT2D eigenvalue weighted by molar-refractivity contribution is -0.144. The summed E-state index contributed by atoms with van der Waals surface area (Å²) in [5.74, 6) is -2.09. The van der Waals surface area contributed by atoms with E-state index in [0.29, 0.717) is 24.5 Å². The van der Waals surface area contributed by atoms with E-state index in [1.54, 1.807) is 19.1 Å². The van der Waals surface area contributed by atoms with Crippen molar-refractivity contribution < 1.29 is 22.7 Å². The predicted molar refractivity (Wildman–Crippen MR) is 116 cm³/mol. The standard InChI is InChI=1S/C21H33N3O5S/c1-3-5-14-30(27,28)24-20(22)19(18(25)4-2)21(26)29-17-8-6-15(7-9-17)16-10-12-23-13-11-16/h6-9,16,19-20,23-24H,3-5,10-14,22H2,1-2H3/t19?,20-/m0/s1. The quantitative estimate of drug-likeness (QED) is 0.207. The number of nitrogens with one attached hydrogen (secondary N) is 2. The summed E-state index contributed by atoms with van der Waals surface area (Å²) in [6, 6.07) is 7.23. The van der Waals surface area contributed by atoms with Gasteiger partial charge in [-0.25, -0.2) is 8.42 Å². The van der Waals surface area contributed by atoms with Crippen LogP contribution in [0.5, 0.6) is 5.75 Å². The van der Waals surface area contributed by atoms with Crippen molar-refractivity contribution in [3.05, 3.63) is 29.8 Å². The van der Waals surface area contributed by atoms with Gasteiger partial charge in [0, 0.05) is 6.42 Å². The van der Waals surface area contributed by atoms with Gasteiger partial charge in [-0.3, -0.25) is 9.59 Å². The van der Waals surface area contributed by atoms with Gasteiger partial charge >= 0.3 is 5.97 Å². The fraction of sp³-hybridized carbons (Fsp3) is 0.619. The molecule has 8 nitrogen and oxygen atoms in total. The van der Waals surface area contributed by atoms with E-state index < -0.39 is 33.9 Å². The molecule has 2 atom stereocenters. The first kappa shape index (κ1) is 24.5. The number of sulfonamides is 1. The monoisotopic (exact) mass is 439 g/mol. The summed E-state index contributed by atoms with van der Waals surface area (Å²) in [4.78, 5) is 25.0. The Morgan fingerprint density at radius 1 is 1.20 bits per heavy atom. The second kappa shape index (κ2) is 11.5. The highest BCUT2D eigenvalue weighted by Crippen LogP contribution is 2.27. The van der Waals surface area contributed by atoms with E-state index in [0.717, 1.165) is 25.9 Å². The third kappa shape index (κ3) is 7.16. The number of Topliss-reactive ketones (excluding diaryl/α,β-unsaturated/α-hetero) is 1. The Balaban J connectivity index is 2.06. The van der Waals surface area contributed by atoms with Crippen LogP contribution in [0.1, 0.15) is 57.4 Å². The van der Waals surface area contributed by atoms with E-state index in [4.69, 9.17) is 10.5 Å². The molecule has 1 heterocycles.